The lowest BCUT2D eigenvalue weighted by Crippen LogP contribution is -2.12. The lowest BCUT2D eigenvalue weighted by molar-refractivity contribution is 0.701. The third-order valence-corrected chi connectivity index (χ3v) is 4.10. The van der Waals surface area contributed by atoms with Crippen molar-refractivity contribution in [1.29, 1.82) is 0 Å². The second-order valence-electron chi connectivity index (χ2n) is 5.54. The van der Waals surface area contributed by atoms with Gasteiger partial charge in [-0.25, -0.2) is 4.98 Å². The van der Waals surface area contributed by atoms with Crippen LogP contribution in [0.15, 0.2) is 59.4 Å². The minimum atomic E-state index is 0.0602. The van der Waals surface area contributed by atoms with Gasteiger partial charge in [-0.2, -0.15) is 0 Å². The molecule has 0 N–H and O–H groups in total. The Morgan fingerprint density at radius 1 is 1.00 bits per heavy atom. The van der Waals surface area contributed by atoms with Gasteiger partial charge < -0.3 is 4.57 Å². The van der Waals surface area contributed by atoms with Crippen LogP contribution in [0.3, 0.4) is 0 Å². The molecule has 0 bridgehead atoms. The minimum Gasteiger partial charge on any atom is -0.338 e. The smallest absolute Gasteiger partial charge is 0.188 e. The van der Waals surface area contributed by atoms with E-state index in [0.717, 1.165) is 46.2 Å². The van der Waals surface area contributed by atoms with Gasteiger partial charge in [-0.1, -0.05) is 43.3 Å². The standard InChI is InChI=1S/C19H16N2O/c1-2-11-21-16-10-6-5-9-15(16)20-19-14-8-4-3-7-13(14)18(22)12-17(19)21/h3-10,12H,2,11H2,1H3. The molecule has 2 aromatic carbocycles. The molecule has 3 heteroatoms. The summed E-state index contributed by atoms with van der Waals surface area (Å²) in [4.78, 5) is 17.3. The lowest BCUT2D eigenvalue weighted by Gasteiger charge is -2.19. The van der Waals surface area contributed by atoms with E-state index in [1.54, 1.807) is 6.07 Å². The maximum atomic E-state index is 12.4. The predicted octanol–water partition coefficient (Wildman–Crippen LogP) is 4.06. The van der Waals surface area contributed by atoms with E-state index < -0.39 is 0 Å². The largest absolute Gasteiger partial charge is 0.338 e. The molecule has 2 aliphatic rings. The van der Waals surface area contributed by atoms with Crippen molar-refractivity contribution in [2.75, 3.05) is 0 Å². The van der Waals surface area contributed by atoms with Crippen molar-refractivity contribution in [3.63, 3.8) is 0 Å². The van der Waals surface area contributed by atoms with Crippen molar-refractivity contribution in [3.05, 3.63) is 64.8 Å². The van der Waals surface area contributed by atoms with Gasteiger partial charge in [0.25, 0.3) is 0 Å². The van der Waals surface area contributed by atoms with E-state index in [0.29, 0.717) is 0 Å². The number of hydrogen-bond donors (Lipinski definition) is 0. The van der Waals surface area contributed by atoms with Gasteiger partial charge in [-0.15, -0.1) is 0 Å². The molecule has 0 spiro atoms. The zero-order valence-corrected chi connectivity index (χ0v) is 12.4. The van der Waals surface area contributed by atoms with Crippen molar-refractivity contribution >= 4 is 21.8 Å². The predicted molar refractivity (Wildman–Crippen MR) is 90.4 cm³/mol. The summed E-state index contributed by atoms with van der Waals surface area (Å²) in [6, 6.07) is 17.6. The second kappa shape index (κ2) is 4.95. The first-order chi connectivity index (χ1) is 10.8. The Morgan fingerprint density at radius 3 is 2.55 bits per heavy atom. The highest BCUT2D eigenvalue weighted by molar-refractivity contribution is 5.97. The Bertz CT molecular complexity index is 1020. The Hall–Kier alpha value is -2.68. The summed E-state index contributed by atoms with van der Waals surface area (Å²) in [6.07, 6.45) is 1.01. The summed E-state index contributed by atoms with van der Waals surface area (Å²) in [5.74, 6) is 0. The highest BCUT2D eigenvalue weighted by Gasteiger charge is 2.16. The Kier molecular flexibility index (Phi) is 2.93. The van der Waals surface area contributed by atoms with Gasteiger partial charge in [0.05, 0.1) is 22.4 Å². The van der Waals surface area contributed by atoms with Crippen molar-refractivity contribution in [1.82, 2.24) is 9.55 Å². The molecule has 3 nitrogen and oxygen atoms in total. The van der Waals surface area contributed by atoms with Crippen LogP contribution >= 0.6 is 0 Å². The van der Waals surface area contributed by atoms with Crippen LogP contribution in [0, 0.1) is 0 Å². The molecule has 0 aromatic heterocycles. The first-order valence-corrected chi connectivity index (χ1v) is 7.60. The van der Waals surface area contributed by atoms with Gasteiger partial charge in [0.15, 0.2) is 5.43 Å². The maximum Gasteiger partial charge on any atom is 0.188 e. The molecule has 0 saturated carbocycles. The third kappa shape index (κ3) is 1.82. The van der Waals surface area contributed by atoms with Crippen molar-refractivity contribution in [3.8, 4) is 11.4 Å². The van der Waals surface area contributed by atoms with Gasteiger partial charge in [0, 0.05) is 23.4 Å². The maximum absolute atomic E-state index is 12.4. The number of rotatable bonds is 2. The van der Waals surface area contributed by atoms with Crippen LogP contribution in [0.2, 0.25) is 0 Å². The van der Waals surface area contributed by atoms with E-state index in [4.69, 9.17) is 4.98 Å². The number of hydrogen-bond acceptors (Lipinski definition) is 2. The summed E-state index contributed by atoms with van der Waals surface area (Å²) >= 11 is 0. The molecule has 1 aliphatic carbocycles. The van der Waals surface area contributed by atoms with Crippen LogP contribution in [-0.4, -0.2) is 9.55 Å². The molecular formula is C19H16N2O. The monoisotopic (exact) mass is 288 g/mol. The number of nitrogens with zero attached hydrogens (tertiary/aromatic N) is 2. The average molecular weight is 288 g/mol. The second-order valence-corrected chi connectivity index (χ2v) is 5.54. The molecule has 4 rings (SSSR count). The SMILES string of the molecule is CCCn1c2cc(=O)c3ccccc3c-2nc2ccccc21. The summed E-state index contributed by atoms with van der Waals surface area (Å²) in [5, 5.41) is 1.67. The first-order valence-electron chi connectivity index (χ1n) is 7.60. The third-order valence-electron chi connectivity index (χ3n) is 4.10. The van der Waals surface area contributed by atoms with E-state index in [2.05, 4.69) is 17.6 Å². The Morgan fingerprint density at radius 2 is 1.73 bits per heavy atom. The van der Waals surface area contributed by atoms with Gasteiger partial charge in [0.1, 0.15) is 0 Å². The number of para-hydroxylation sites is 2. The summed E-state index contributed by atoms with van der Waals surface area (Å²) < 4.78 is 2.21. The molecule has 0 unspecified atom stereocenters. The normalized spacial score (nSPS) is 11.5. The van der Waals surface area contributed by atoms with Crippen LogP contribution < -0.4 is 5.43 Å². The molecular weight excluding hydrogens is 272 g/mol. The molecule has 0 atom stereocenters. The number of fused-ring (bicyclic) bond motifs is 4. The molecule has 1 heterocycles. The van der Waals surface area contributed by atoms with E-state index >= 15 is 0 Å². The zero-order valence-electron chi connectivity index (χ0n) is 12.4. The molecule has 1 aliphatic heterocycles. The number of aromatic nitrogens is 2. The van der Waals surface area contributed by atoms with Crippen LogP contribution in [0.1, 0.15) is 13.3 Å². The zero-order chi connectivity index (χ0) is 15.1. The van der Waals surface area contributed by atoms with Crippen molar-refractivity contribution in [2.45, 2.75) is 19.9 Å². The summed E-state index contributed by atoms with van der Waals surface area (Å²) in [7, 11) is 0. The molecule has 0 saturated heterocycles. The Labute approximate surface area is 128 Å². The van der Waals surface area contributed by atoms with Gasteiger partial charge >= 0.3 is 0 Å². The Balaban J connectivity index is 2.27. The first kappa shape index (κ1) is 13.0. The minimum absolute atomic E-state index is 0.0602. The van der Waals surface area contributed by atoms with E-state index in [9.17, 15) is 4.79 Å². The molecule has 0 amide bonds. The van der Waals surface area contributed by atoms with Crippen molar-refractivity contribution < 1.29 is 0 Å². The summed E-state index contributed by atoms with van der Waals surface area (Å²) in [6.45, 7) is 3.02. The highest BCUT2D eigenvalue weighted by Crippen LogP contribution is 2.30. The van der Waals surface area contributed by atoms with E-state index in [-0.39, 0.29) is 5.43 Å². The molecule has 108 valence electrons. The molecule has 0 fully saturated rings. The van der Waals surface area contributed by atoms with E-state index in [1.807, 2.05) is 42.5 Å². The lowest BCUT2D eigenvalue weighted by atomic mass is 10.0. The molecule has 22 heavy (non-hydrogen) atoms. The van der Waals surface area contributed by atoms with Crippen LogP contribution in [0.25, 0.3) is 33.2 Å². The fourth-order valence-corrected chi connectivity index (χ4v) is 3.14. The van der Waals surface area contributed by atoms with Crippen LogP contribution in [0.4, 0.5) is 0 Å². The summed E-state index contributed by atoms with van der Waals surface area (Å²) in [5.41, 5.74) is 3.93. The van der Waals surface area contributed by atoms with Crippen LogP contribution in [0.5, 0.6) is 0 Å². The molecule has 2 aromatic rings. The van der Waals surface area contributed by atoms with E-state index in [1.165, 1.54) is 0 Å². The van der Waals surface area contributed by atoms with Gasteiger partial charge in [-0.05, 0) is 18.6 Å². The van der Waals surface area contributed by atoms with Gasteiger partial charge in [-0.3, -0.25) is 4.79 Å². The number of aryl methyl sites for hydroxylation is 1. The van der Waals surface area contributed by atoms with Crippen LogP contribution in [-0.2, 0) is 6.54 Å². The molecule has 0 radical (unpaired) electrons. The fraction of sp³-hybridized carbons (Fsp3) is 0.158. The number of benzene rings is 3. The fourth-order valence-electron chi connectivity index (χ4n) is 3.14. The topological polar surface area (TPSA) is 34.9 Å². The highest BCUT2D eigenvalue weighted by atomic mass is 16.1. The quantitative estimate of drug-likeness (QED) is 0.412. The average Bonchev–Trinajstić information content (AvgIpc) is 2.56. The van der Waals surface area contributed by atoms with Crippen molar-refractivity contribution in [2.24, 2.45) is 0 Å². The van der Waals surface area contributed by atoms with Gasteiger partial charge in [0.2, 0.25) is 0 Å².